The maximum absolute atomic E-state index is 13.1. The smallest absolute Gasteiger partial charge is 0.169 e. The summed E-state index contributed by atoms with van der Waals surface area (Å²) in [5.41, 5.74) is -1.48. The highest BCUT2D eigenvalue weighted by molar-refractivity contribution is 5.89. The molecule has 1 fully saturated rings. The zero-order valence-corrected chi connectivity index (χ0v) is 6.63. The van der Waals surface area contributed by atoms with Gasteiger partial charge in [0.25, 0.3) is 0 Å². The Bertz CT molecular complexity index is 179. The van der Waals surface area contributed by atoms with Gasteiger partial charge in [0.2, 0.25) is 0 Å². The summed E-state index contributed by atoms with van der Waals surface area (Å²) in [5, 5.41) is 17.9. The van der Waals surface area contributed by atoms with Crippen LogP contribution in [-0.2, 0) is 0 Å². The van der Waals surface area contributed by atoms with Crippen LogP contribution in [0.4, 0.5) is 4.39 Å². The molecule has 0 aliphatic heterocycles. The SMILES string of the molecule is CN(O)N(C)C(=N)C1(F)CC1. The monoisotopic (exact) mass is 161 g/mol. The standard InChI is InChI=1S/C6H12FN3O/c1-9(10(2)11)5(8)6(7)3-4-6/h8,11H,3-4H2,1-2H3. The van der Waals surface area contributed by atoms with E-state index in [0.29, 0.717) is 18.0 Å². The van der Waals surface area contributed by atoms with Crippen molar-refractivity contribution in [3.8, 4) is 0 Å². The lowest BCUT2D eigenvalue weighted by atomic mass is 10.3. The molecule has 1 saturated carbocycles. The second kappa shape index (κ2) is 2.42. The molecule has 1 aliphatic rings. The van der Waals surface area contributed by atoms with Crippen molar-refractivity contribution in [1.29, 1.82) is 5.41 Å². The first-order valence-electron chi connectivity index (χ1n) is 3.41. The molecule has 1 aliphatic carbocycles. The number of nitrogens with one attached hydrogen (secondary N) is 1. The number of alkyl halides is 1. The van der Waals surface area contributed by atoms with Gasteiger partial charge < -0.3 is 0 Å². The van der Waals surface area contributed by atoms with Gasteiger partial charge in [0.15, 0.2) is 11.5 Å². The average molecular weight is 161 g/mol. The van der Waals surface area contributed by atoms with Crippen molar-refractivity contribution in [1.82, 2.24) is 10.2 Å². The summed E-state index contributed by atoms with van der Waals surface area (Å²) in [7, 11) is 2.79. The zero-order chi connectivity index (χ0) is 8.65. The van der Waals surface area contributed by atoms with Gasteiger partial charge in [-0.3, -0.25) is 15.6 Å². The van der Waals surface area contributed by atoms with Crippen LogP contribution in [0.5, 0.6) is 0 Å². The molecular formula is C6H12FN3O. The van der Waals surface area contributed by atoms with E-state index < -0.39 is 5.67 Å². The Balaban J connectivity index is 2.54. The summed E-state index contributed by atoms with van der Waals surface area (Å²) in [4.78, 5) is 0. The topological polar surface area (TPSA) is 50.6 Å². The van der Waals surface area contributed by atoms with Crippen molar-refractivity contribution in [3.05, 3.63) is 0 Å². The average Bonchev–Trinajstić information content (AvgIpc) is 2.66. The molecule has 5 heteroatoms. The van der Waals surface area contributed by atoms with Gasteiger partial charge in [-0.15, -0.1) is 5.17 Å². The normalized spacial score (nSPS) is 20.1. The van der Waals surface area contributed by atoms with E-state index in [4.69, 9.17) is 10.6 Å². The molecule has 4 nitrogen and oxygen atoms in total. The maximum Gasteiger partial charge on any atom is 0.169 e. The van der Waals surface area contributed by atoms with Gasteiger partial charge in [0, 0.05) is 14.1 Å². The zero-order valence-electron chi connectivity index (χ0n) is 6.63. The van der Waals surface area contributed by atoms with E-state index in [0.717, 1.165) is 5.01 Å². The molecule has 0 bridgehead atoms. The van der Waals surface area contributed by atoms with Gasteiger partial charge in [-0.05, 0) is 12.8 Å². The summed E-state index contributed by atoms with van der Waals surface area (Å²) in [6.07, 6.45) is 0.786. The first kappa shape index (κ1) is 8.42. The summed E-state index contributed by atoms with van der Waals surface area (Å²) >= 11 is 0. The lowest BCUT2D eigenvalue weighted by Crippen LogP contribution is -2.43. The van der Waals surface area contributed by atoms with E-state index in [1.807, 2.05) is 0 Å². The third-order valence-corrected chi connectivity index (χ3v) is 1.87. The van der Waals surface area contributed by atoms with Crippen molar-refractivity contribution in [3.63, 3.8) is 0 Å². The Morgan fingerprint density at radius 2 is 2.00 bits per heavy atom. The minimum atomic E-state index is -1.48. The van der Waals surface area contributed by atoms with Crippen molar-refractivity contribution in [2.24, 2.45) is 0 Å². The van der Waals surface area contributed by atoms with Crippen LogP contribution < -0.4 is 0 Å². The van der Waals surface area contributed by atoms with Crippen LogP contribution in [0, 0.1) is 5.41 Å². The molecule has 0 aromatic carbocycles. The summed E-state index contributed by atoms with van der Waals surface area (Å²) in [6, 6.07) is 0. The molecule has 0 unspecified atom stereocenters. The summed E-state index contributed by atoms with van der Waals surface area (Å²) in [5.74, 6) is -0.178. The second-order valence-corrected chi connectivity index (χ2v) is 2.83. The molecule has 1 rings (SSSR count). The fourth-order valence-electron chi connectivity index (χ4n) is 0.781. The van der Waals surface area contributed by atoms with Gasteiger partial charge >= 0.3 is 0 Å². The maximum atomic E-state index is 13.1. The number of hydrogen-bond acceptors (Lipinski definition) is 3. The van der Waals surface area contributed by atoms with E-state index in [2.05, 4.69) is 0 Å². The molecule has 0 spiro atoms. The predicted octanol–water partition coefficient (Wildman–Crippen LogP) is 0.634. The van der Waals surface area contributed by atoms with Gasteiger partial charge in [-0.25, -0.2) is 4.39 Å². The first-order chi connectivity index (χ1) is 4.97. The van der Waals surface area contributed by atoms with Crippen LogP contribution in [0.15, 0.2) is 0 Å². The number of hydroxylamine groups is 1. The number of rotatable bonds is 2. The van der Waals surface area contributed by atoms with Crippen molar-refractivity contribution in [2.45, 2.75) is 18.5 Å². The predicted molar refractivity (Wildman–Crippen MR) is 38.1 cm³/mol. The third kappa shape index (κ3) is 1.49. The van der Waals surface area contributed by atoms with E-state index in [1.54, 1.807) is 0 Å². The Morgan fingerprint density at radius 3 is 2.27 bits per heavy atom. The quantitative estimate of drug-likeness (QED) is 0.355. The second-order valence-electron chi connectivity index (χ2n) is 2.83. The minimum absolute atomic E-state index is 0.178. The van der Waals surface area contributed by atoms with E-state index in [9.17, 15) is 4.39 Å². The molecule has 0 aromatic rings. The number of hydrogen-bond donors (Lipinski definition) is 2. The molecule has 0 saturated heterocycles. The molecule has 0 radical (unpaired) electrons. The number of amidine groups is 1. The highest BCUT2D eigenvalue weighted by Gasteiger charge is 2.49. The third-order valence-electron chi connectivity index (χ3n) is 1.87. The highest BCUT2D eigenvalue weighted by Crippen LogP contribution is 2.41. The van der Waals surface area contributed by atoms with Crippen LogP contribution in [0.1, 0.15) is 12.8 Å². The highest BCUT2D eigenvalue weighted by atomic mass is 19.1. The minimum Gasteiger partial charge on any atom is -0.295 e. The number of halogens is 1. The van der Waals surface area contributed by atoms with E-state index >= 15 is 0 Å². The molecule has 0 amide bonds. The molecule has 11 heavy (non-hydrogen) atoms. The van der Waals surface area contributed by atoms with Gasteiger partial charge in [0.05, 0.1) is 0 Å². The number of nitrogens with zero attached hydrogens (tertiary/aromatic N) is 2. The lowest BCUT2D eigenvalue weighted by molar-refractivity contribution is -0.183. The Hall–Kier alpha value is -0.680. The Labute approximate surface area is 64.6 Å². The van der Waals surface area contributed by atoms with Crippen LogP contribution in [0.3, 0.4) is 0 Å². The molecule has 2 N–H and O–H groups in total. The number of hydrazine groups is 1. The van der Waals surface area contributed by atoms with Crippen LogP contribution in [0.25, 0.3) is 0 Å². The molecule has 0 aromatic heterocycles. The van der Waals surface area contributed by atoms with Crippen molar-refractivity contribution >= 4 is 5.84 Å². The van der Waals surface area contributed by atoms with Crippen molar-refractivity contribution < 1.29 is 9.60 Å². The fourth-order valence-corrected chi connectivity index (χ4v) is 0.781. The Kier molecular flexibility index (Phi) is 1.85. The molecule has 0 atom stereocenters. The first-order valence-corrected chi connectivity index (χ1v) is 3.41. The van der Waals surface area contributed by atoms with Crippen LogP contribution in [0.2, 0.25) is 0 Å². The largest absolute Gasteiger partial charge is 0.295 e. The van der Waals surface area contributed by atoms with Gasteiger partial charge in [-0.2, -0.15) is 0 Å². The van der Waals surface area contributed by atoms with Gasteiger partial charge in [-0.1, -0.05) is 0 Å². The van der Waals surface area contributed by atoms with E-state index in [1.165, 1.54) is 14.1 Å². The summed E-state index contributed by atoms with van der Waals surface area (Å²) in [6.45, 7) is 0. The lowest BCUT2D eigenvalue weighted by Gasteiger charge is -2.26. The Morgan fingerprint density at radius 1 is 1.55 bits per heavy atom. The van der Waals surface area contributed by atoms with Crippen LogP contribution >= 0.6 is 0 Å². The summed E-state index contributed by atoms with van der Waals surface area (Å²) < 4.78 is 13.1. The molecule has 0 heterocycles. The molecule has 64 valence electrons. The van der Waals surface area contributed by atoms with E-state index in [-0.39, 0.29) is 5.84 Å². The van der Waals surface area contributed by atoms with Gasteiger partial charge in [0.1, 0.15) is 0 Å². The van der Waals surface area contributed by atoms with Crippen LogP contribution in [-0.4, -0.2) is 41.0 Å². The van der Waals surface area contributed by atoms with Crippen molar-refractivity contribution in [2.75, 3.05) is 14.1 Å². The fraction of sp³-hybridized carbons (Fsp3) is 0.833. The molecular weight excluding hydrogens is 149 g/mol.